The number of phenols is 2. The van der Waals surface area contributed by atoms with E-state index in [-0.39, 0.29) is 27.7 Å². The highest BCUT2D eigenvalue weighted by Crippen LogP contribution is 2.25. The molecule has 0 heterocycles. The molecule has 0 fully saturated rings. The molecule has 1 aromatic carbocycles. The van der Waals surface area contributed by atoms with E-state index in [1.807, 2.05) is 0 Å². The summed E-state index contributed by atoms with van der Waals surface area (Å²) in [5.74, 6) is -1.91. The van der Waals surface area contributed by atoms with Crippen LogP contribution in [0, 0.1) is 0 Å². The largest absolute Gasteiger partial charge is 0.548 e. The van der Waals surface area contributed by atoms with Gasteiger partial charge in [0.15, 0.2) is 17.3 Å². The summed E-state index contributed by atoms with van der Waals surface area (Å²) >= 11 is 0. The van der Waals surface area contributed by atoms with E-state index in [0.29, 0.717) is 5.56 Å². The quantitative estimate of drug-likeness (QED) is 0.288. The maximum Gasteiger partial charge on any atom is 0.369 e. The Balaban J connectivity index is 3.07. The van der Waals surface area contributed by atoms with E-state index < -0.39 is 5.97 Å². The Morgan fingerprint density at radius 3 is 2.47 bits per heavy atom. The highest BCUT2D eigenvalue weighted by atomic mass is 28.2. The minimum atomic E-state index is -1.17. The fourth-order valence-electron chi connectivity index (χ4n) is 0.990. The molecule has 0 amide bonds. The lowest BCUT2D eigenvalue weighted by atomic mass is 10.2. The van der Waals surface area contributed by atoms with Crippen LogP contribution in [0.3, 0.4) is 0 Å². The van der Waals surface area contributed by atoms with E-state index in [1.54, 1.807) is 0 Å². The van der Waals surface area contributed by atoms with Gasteiger partial charge in [0.1, 0.15) is 0 Å². The molecule has 0 bridgehead atoms. The maximum absolute atomic E-state index is 10.6. The Morgan fingerprint density at radius 2 is 2.00 bits per heavy atom. The number of carboxylic acid groups (broad SMARTS) is 1. The zero-order chi connectivity index (χ0) is 11.4. The average Bonchev–Trinajstić information content (AvgIpc) is 2.19. The molecule has 80 valence electrons. The first-order chi connectivity index (χ1) is 7.04. The smallest absolute Gasteiger partial charge is 0.369 e. The SMILES string of the molecule is O=C(O)C(=Cc1ccc(O)c(O)c1)O[SiH3]. The van der Waals surface area contributed by atoms with Gasteiger partial charge in [-0.1, -0.05) is 6.07 Å². The van der Waals surface area contributed by atoms with E-state index in [1.165, 1.54) is 24.3 Å². The summed E-state index contributed by atoms with van der Waals surface area (Å²) in [6.07, 6.45) is 1.27. The minimum absolute atomic E-state index is 0.188. The van der Waals surface area contributed by atoms with Crippen molar-refractivity contribution in [3.05, 3.63) is 29.5 Å². The summed E-state index contributed by atoms with van der Waals surface area (Å²) in [7, 11) is 0.266. The molecule has 5 nitrogen and oxygen atoms in total. The van der Waals surface area contributed by atoms with Gasteiger partial charge in [0, 0.05) is 0 Å². The molecule has 15 heavy (non-hydrogen) atoms. The topological polar surface area (TPSA) is 87.0 Å². The summed E-state index contributed by atoms with van der Waals surface area (Å²) in [6.45, 7) is 0. The van der Waals surface area contributed by atoms with Crippen LogP contribution in [-0.2, 0) is 9.22 Å². The van der Waals surface area contributed by atoms with Crippen molar-refractivity contribution in [2.75, 3.05) is 0 Å². The van der Waals surface area contributed by atoms with Gasteiger partial charge in [-0.3, -0.25) is 0 Å². The van der Waals surface area contributed by atoms with Crippen LogP contribution in [0.4, 0.5) is 0 Å². The number of carbonyl (C=O) groups is 1. The molecule has 1 rings (SSSR count). The fourth-order valence-corrected chi connectivity index (χ4v) is 1.28. The lowest BCUT2D eigenvalue weighted by molar-refractivity contribution is -0.134. The first-order valence-corrected chi connectivity index (χ1v) is 4.87. The first-order valence-electron chi connectivity index (χ1n) is 4.05. The van der Waals surface area contributed by atoms with Gasteiger partial charge in [0.05, 0.1) is 0 Å². The van der Waals surface area contributed by atoms with E-state index in [4.69, 9.17) is 19.7 Å². The normalized spacial score (nSPS) is 11.3. The molecule has 0 unspecified atom stereocenters. The van der Waals surface area contributed by atoms with Crippen molar-refractivity contribution in [1.29, 1.82) is 0 Å². The summed E-state index contributed by atoms with van der Waals surface area (Å²) in [4.78, 5) is 10.6. The molecule has 0 aliphatic rings. The molecule has 0 atom stereocenters. The summed E-state index contributed by atoms with van der Waals surface area (Å²) in [5.41, 5.74) is 0.443. The van der Waals surface area contributed by atoms with E-state index >= 15 is 0 Å². The molecule has 0 saturated heterocycles. The third-order valence-electron chi connectivity index (χ3n) is 1.73. The Kier molecular flexibility index (Phi) is 3.35. The van der Waals surface area contributed by atoms with Gasteiger partial charge < -0.3 is 19.7 Å². The van der Waals surface area contributed by atoms with Gasteiger partial charge in [-0.05, 0) is 23.8 Å². The highest BCUT2D eigenvalue weighted by Gasteiger charge is 2.06. The maximum atomic E-state index is 10.6. The zero-order valence-corrected chi connectivity index (χ0v) is 9.97. The summed E-state index contributed by atoms with van der Waals surface area (Å²) < 4.78 is 4.74. The minimum Gasteiger partial charge on any atom is -0.548 e. The number of aliphatic carboxylic acids is 1. The lowest BCUT2D eigenvalue weighted by Crippen LogP contribution is -2.02. The van der Waals surface area contributed by atoms with Crippen molar-refractivity contribution in [2.24, 2.45) is 0 Å². The van der Waals surface area contributed by atoms with Crippen LogP contribution < -0.4 is 0 Å². The van der Waals surface area contributed by atoms with Crippen molar-refractivity contribution in [3.8, 4) is 11.5 Å². The average molecular weight is 226 g/mol. The van der Waals surface area contributed by atoms with Crippen molar-refractivity contribution in [2.45, 2.75) is 0 Å². The monoisotopic (exact) mass is 226 g/mol. The van der Waals surface area contributed by atoms with Gasteiger partial charge in [-0.25, -0.2) is 4.79 Å². The fraction of sp³-hybridized carbons (Fsp3) is 0. The molecule has 0 aromatic heterocycles. The van der Waals surface area contributed by atoms with Gasteiger partial charge in [0.2, 0.25) is 10.5 Å². The molecule has 0 spiro atoms. The summed E-state index contributed by atoms with van der Waals surface area (Å²) in [6, 6.07) is 3.99. The number of benzene rings is 1. The summed E-state index contributed by atoms with van der Waals surface area (Å²) in [5, 5.41) is 26.9. The standard InChI is InChI=1S/C9H10O5Si/c10-6-2-1-5(3-7(6)11)4-8(14-15)9(12)13/h1-4,10-11H,15H3,(H,12,13). The number of hydrogen-bond acceptors (Lipinski definition) is 4. The molecular weight excluding hydrogens is 216 g/mol. The van der Waals surface area contributed by atoms with Crippen molar-refractivity contribution >= 4 is 22.5 Å². The van der Waals surface area contributed by atoms with Gasteiger partial charge in [0.25, 0.3) is 0 Å². The molecular formula is C9H10O5Si. The molecule has 3 N–H and O–H groups in total. The first kappa shape index (κ1) is 11.1. The Hall–Kier alpha value is -1.95. The van der Waals surface area contributed by atoms with Gasteiger partial charge in [-0.2, -0.15) is 0 Å². The second kappa shape index (κ2) is 4.51. The van der Waals surface area contributed by atoms with Crippen LogP contribution >= 0.6 is 0 Å². The van der Waals surface area contributed by atoms with Crippen LogP contribution in [0.1, 0.15) is 5.56 Å². The molecule has 1 aromatic rings. The number of carboxylic acids is 1. The molecule has 0 radical (unpaired) electrons. The van der Waals surface area contributed by atoms with Crippen LogP contribution in [0.25, 0.3) is 6.08 Å². The number of phenolic OH excluding ortho intramolecular Hbond substituents is 2. The third-order valence-corrected chi connectivity index (χ3v) is 2.17. The van der Waals surface area contributed by atoms with Gasteiger partial charge >= 0.3 is 5.97 Å². The van der Waals surface area contributed by atoms with Crippen molar-refractivity contribution in [1.82, 2.24) is 0 Å². The van der Waals surface area contributed by atoms with Crippen molar-refractivity contribution in [3.63, 3.8) is 0 Å². The molecule has 6 heteroatoms. The Morgan fingerprint density at radius 1 is 1.33 bits per heavy atom. The molecule has 0 aliphatic carbocycles. The lowest BCUT2D eigenvalue weighted by Gasteiger charge is -2.02. The van der Waals surface area contributed by atoms with E-state index in [9.17, 15) is 4.79 Å². The molecule has 0 aliphatic heterocycles. The Bertz CT molecular complexity index is 413. The number of hydrogen-bond donors (Lipinski definition) is 3. The predicted molar refractivity (Wildman–Crippen MR) is 56.4 cm³/mol. The molecule has 0 saturated carbocycles. The number of rotatable bonds is 3. The van der Waals surface area contributed by atoms with E-state index in [2.05, 4.69) is 0 Å². The second-order valence-electron chi connectivity index (χ2n) is 2.77. The van der Waals surface area contributed by atoms with Crippen LogP contribution in [0.2, 0.25) is 0 Å². The third kappa shape index (κ3) is 2.75. The van der Waals surface area contributed by atoms with Crippen LogP contribution in [-0.4, -0.2) is 31.8 Å². The highest BCUT2D eigenvalue weighted by molar-refractivity contribution is 6.03. The second-order valence-corrected chi connectivity index (χ2v) is 3.17. The predicted octanol–water partition coefficient (Wildman–Crippen LogP) is -0.180. The number of aromatic hydroxyl groups is 2. The van der Waals surface area contributed by atoms with Crippen LogP contribution in [0.15, 0.2) is 24.0 Å². The van der Waals surface area contributed by atoms with Crippen molar-refractivity contribution < 1.29 is 24.5 Å². The van der Waals surface area contributed by atoms with Crippen LogP contribution in [0.5, 0.6) is 11.5 Å². The zero-order valence-electron chi connectivity index (χ0n) is 7.97. The Labute approximate surface area is 88.8 Å². The van der Waals surface area contributed by atoms with E-state index in [0.717, 1.165) is 0 Å². The van der Waals surface area contributed by atoms with Gasteiger partial charge in [-0.15, -0.1) is 0 Å².